The molecule has 3 nitrogen and oxygen atoms in total. The van der Waals surface area contributed by atoms with Crippen molar-refractivity contribution in [1.29, 1.82) is 0 Å². The monoisotopic (exact) mass is 217 g/mol. The second-order valence-electron chi connectivity index (χ2n) is 4.30. The van der Waals surface area contributed by atoms with Crippen molar-refractivity contribution < 1.29 is 9.32 Å². The van der Waals surface area contributed by atoms with E-state index in [1.807, 2.05) is 0 Å². The lowest BCUT2D eigenvalue weighted by atomic mass is 10.1. The highest BCUT2D eigenvalue weighted by molar-refractivity contribution is 7.85. The van der Waals surface area contributed by atoms with Crippen molar-refractivity contribution in [1.82, 2.24) is 4.90 Å². The molecule has 2 fully saturated rings. The van der Waals surface area contributed by atoms with Crippen LogP contribution in [-0.2, 0) is 10.8 Å². The number of rotatable bonds is 1. The van der Waals surface area contributed by atoms with E-state index in [4.69, 9.17) is 0 Å². The van der Waals surface area contributed by atoms with Crippen molar-refractivity contribution in [3.63, 3.8) is 0 Å². The zero-order valence-corrected chi connectivity index (χ0v) is 9.34. The van der Waals surface area contributed by atoms with Crippen LogP contribution in [0.2, 0.25) is 0 Å². The van der Waals surface area contributed by atoms with Gasteiger partial charge in [-0.25, -0.2) is 0 Å². The summed E-state index contributed by atoms with van der Waals surface area (Å²) in [6.45, 7) is 1.93. The fourth-order valence-corrected chi connectivity index (χ4v) is 3.63. The van der Waals surface area contributed by atoms with Crippen molar-refractivity contribution in [2.45, 2.75) is 37.8 Å². The summed E-state index contributed by atoms with van der Waals surface area (Å²) in [7, 11) is -0.613. The fraction of sp³-hybridized carbons (Fsp3) is 1.00. The molecule has 0 bridgehead atoms. The van der Waals surface area contributed by atoms with Gasteiger partial charge in [-0.05, 0) is 32.2 Å². The van der Waals surface area contributed by atoms with E-state index in [0.29, 0.717) is 6.04 Å². The molecule has 0 spiro atoms. The number of hydrogen-bond donors (Lipinski definition) is 1. The Morgan fingerprint density at radius 2 is 2.00 bits per heavy atom. The Kier molecular flexibility index (Phi) is 3.57. The van der Waals surface area contributed by atoms with E-state index >= 15 is 0 Å². The van der Waals surface area contributed by atoms with Gasteiger partial charge in [-0.3, -0.25) is 9.11 Å². The standard InChI is InChI=1S/C10H19NO2S/c12-10-4-1-3-9(10)11-5-2-7-14(13)8-6-11/h9-10,12H,1-8H2. The van der Waals surface area contributed by atoms with Crippen LogP contribution in [0.15, 0.2) is 0 Å². The predicted octanol–water partition coefficient (Wildman–Crippen LogP) is 0.354. The molecule has 0 amide bonds. The van der Waals surface area contributed by atoms with Crippen molar-refractivity contribution in [3.05, 3.63) is 0 Å². The van der Waals surface area contributed by atoms with Gasteiger partial charge in [0, 0.05) is 34.9 Å². The lowest BCUT2D eigenvalue weighted by Crippen LogP contribution is -2.41. The van der Waals surface area contributed by atoms with Crippen LogP contribution >= 0.6 is 0 Å². The molecular weight excluding hydrogens is 198 g/mol. The van der Waals surface area contributed by atoms with E-state index in [9.17, 15) is 9.32 Å². The third-order valence-electron chi connectivity index (χ3n) is 3.34. The summed E-state index contributed by atoms with van der Waals surface area (Å²) in [4.78, 5) is 2.35. The fourth-order valence-electron chi connectivity index (χ4n) is 2.54. The summed E-state index contributed by atoms with van der Waals surface area (Å²) in [6.07, 6.45) is 4.10. The molecule has 3 unspecified atom stereocenters. The van der Waals surface area contributed by atoms with E-state index in [2.05, 4.69) is 4.90 Å². The van der Waals surface area contributed by atoms with Gasteiger partial charge < -0.3 is 5.11 Å². The summed E-state index contributed by atoms with van der Waals surface area (Å²) in [5.74, 6) is 1.64. The number of nitrogens with zero attached hydrogens (tertiary/aromatic N) is 1. The second-order valence-corrected chi connectivity index (χ2v) is 6.00. The number of aliphatic hydroxyl groups is 1. The van der Waals surface area contributed by atoms with Crippen molar-refractivity contribution in [2.75, 3.05) is 24.6 Å². The Morgan fingerprint density at radius 3 is 2.71 bits per heavy atom. The van der Waals surface area contributed by atoms with Crippen molar-refractivity contribution in [2.24, 2.45) is 0 Å². The third kappa shape index (κ3) is 2.35. The normalized spacial score (nSPS) is 41.1. The van der Waals surface area contributed by atoms with Gasteiger partial charge in [0.1, 0.15) is 0 Å². The average molecular weight is 217 g/mol. The van der Waals surface area contributed by atoms with Gasteiger partial charge in [-0.2, -0.15) is 0 Å². The summed E-state index contributed by atoms with van der Waals surface area (Å²) < 4.78 is 11.3. The van der Waals surface area contributed by atoms with E-state index in [0.717, 1.165) is 50.3 Å². The maximum Gasteiger partial charge on any atom is 0.0695 e. The molecule has 0 aromatic carbocycles. The largest absolute Gasteiger partial charge is 0.391 e. The molecule has 1 aliphatic carbocycles. The van der Waals surface area contributed by atoms with Gasteiger partial charge in [0.05, 0.1) is 6.10 Å². The highest BCUT2D eigenvalue weighted by Crippen LogP contribution is 2.24. The lowest BCUT2D eigenvalue weighted by Gasteiger charge is -2.29. The maximum absolute atomic E-state index is 11.3. The Balaban J connectivity index is 1.93. The van der Waals surface area contributed by atoms with Gasteiger partial charge in [-0.15, -0.1) is 0 Å². The molecule has 2 rings (SSSR count). The molecule has 0 aromatic rings. The van der Waals surface area contributed by atoms with E-state index < -0.39 is 10.8 Å². The minimum Gasteiger partial charge on any atom is -0.391 e. The highest BCUT2D eigenvalue weighted by atomic mass is 32.2. The molecule has 14 heavy (non-hydrogen) atoms. The Hall–Kier alpha value is 0.0700. The van der Waals surface area contributed by atoms with Crippen LogP contribution in [0.25, 0.3) is 0 Å². The molecule has 2 aliphatic rings. The zero-order chi connectivity index (χ0) is 9.97. The second kappa shape index (κ2) is 4.73. The first-order valence-electron chi connectivity index (χ1n) is 5.54. The minimum atomic E-state index is -0.613. The lowest BCUT2D eigenvalue weighted by molar-refractivity contribution is 0.0755. The van der Waals surface area contributed by atoms with Gasteiger partial charge >= 0.3 is 0 Å². The van der Waals surface area contributed by atoms with Gasteiger partial charge in [0.25, 0.3) is 0 Å². The Bertz CT molecular complexity index is 222. The van der Waals surface area contributed by atoms with Gasteiger partial charge in [0.2, 0.25) is 0 Å². The molecule has 1 saturated heterocycles. The zero-order valence-electron chi connectivity index (χ0n) is 8.52. The molecular formula is C10H19NO2S. The molecule has 0 aromatic heterocycles. The molecule has 1 saturated carbocycles. The first-order chi connectivity index (χ1) is 6.77. The van der Waals surface area contributed by atoms with Crippen LogP contribution in [-0.4, -0.2) is 51.0 Å². The summed E-state index contributed by atoms with van der Waals surface area (Å²) in [5, 5.41) is 9.78. The van der Waals surface area contributed by atoms with Crippen LogP contribution in [0, 0.1) is 0 Å². The van der Waals surface area contributed by atoms with E-state index in [1.165, 1.54) is 0 Å². The van der Waals surface area contributed by atoms with Gasteiger partial charge in [-0.1, -0.05) is 0 Å². The topological polar surface area (TPSA) is 40.5 Å². The number of hydrogen-bond acceptors (Lipinski definition) is 3. The van der Waals surface area contributed by atoms with Gasteiger partial charge in [0.15, 0.2) is 0 Å². The molecule has 3 atom stereocenters. The smallest absolute Gasteiger partial charge is 0.0695 e. The Labute approximate surface area is 87.9 Å². The maximum atomic E-state index is 11.3. The van der Waals surface area contributed by atoms with Crippen molar-refractivity contribution >= 4 is 10.8 Å². The summed E-state index contributed by atoms with van der Waals surface area (Å²) in [6, 6.07) is 0.352. The first kappa shape index (κ1) is 10.6. The third-order valence-corrected chi connectivity index (χ3v) is 4.72. The van der Waals surface area contributed by atoms with Crippen LogP contribution in [0.1, 0.15) is 25.7 Å². The summed E-state index contributed by atoms with van der Waals surface area (Å²) >= 11 is 0. The van der Waals surface area contributed by atoms with Crippen LogP contribution < -0.4 is 0 Å². The predicted molar refractivity (Wildman–Crippen MR) is 57.7 cm³/mol. The molecule has 4 heteroatoms. The van der Waals surface area contributed by atoms with E-state index in [-0.39, 0.29) is 6.10 Å². The number of aliphatic hydroxyl groups excluding tert-OH is 1. The average Bonchev–Trinajstić information content (AvgIpc) is 2.46. The quantitative estimate of drug-likeness (QED) is 0.689. The van der Waals surface area contributed by atoms with E-state index in [1.54, 1.807) is 0 Å². The van der Waals surface area contributed by atoms with Crippen LogP contribution in [0.3, 0.4) is 0 Å². The Morgan fingerprint density at radius 1 is 1.14 bits per heavy atom. The minimum absolute atomic E-state index is 0.137. The molecule has 82 valence electrons. The van der Waals surface area contributed by atoms with Crippen LogP contribution in [0.4, 0.5) is 0 Å². The first-order valence-corrected chi connectivity index (χ1v) is 7.03. The highest BCUT2D eigenvalue weighted by Gasteiger charge is 2.31. The van der Waals surface area contributed by atoms with Crippen LogP contribution in [0.5, 0.6) is 0 Å². The molecule has 1 aliphatic heterocycles. The molecule has 1 N–H and O–H groups in total. The SMILES string of the molecule is O=S1CCCN(C2CCCC2O)CC1. The van der Waals surface area contributed by atoms with Crippen molar-refractivity contribution in [3.8, 4) is 0 Å². The molecule has 1 heterocycles. The molecule has 0 radical (unpaired) electrons. The summed E-state index contributed by atoms with van der Waals surface area (Å²) in [5.41, 5.74) is 0.